The highest BCUT2D eigenvalue weighted by atomic mass is 79.9. The third-order valence-electron chi connectivity index (χ3n) is 5.60. The van der Waals surface area contributed by atoms with Crippen LogP contribution in [0.4, 0.5) is 11.4 Å². The number of benzene rings is 2. The number of nitro groups is 2. The normalized spacial score (nSPS) is 12.1. The number of rotatable bonds is 8. The molecule has 0 radical (unpaired) electrons. The summed E-state index contributed by atoms with van der Waals surface area (Å²) in [6.45, 7) is 3.84. The van der Waals surface area contributed by atoms with E-state index in [1.165, 1.54) is 18.3 Å². The second-order valence-corrected chi connectivity index (χ2v) is 9.47. The van der Waals surface area contributed by atoms with Gasteiger partial charge in [-0.2, -0.15) is 9.78 Å². The highest BCUT2D eigenvalue weighted by Crippen LogP contribution is 2.36. The molecule has 38 heavy (non-hydrogen) atoms. The van der Waals surface area contributed by atoms with Gasteiger partial charge in [0.15, 0.2) is 0 Å². The lowest BCUT2D eigenvalue weighted by Gasteiger charge is -2.14. The summed E-state index contributed by atoms with van der Waals surface area (Å²) in [6.07, 6.45) is 2.84. The zero-order valence-corrected chi connectivity index (χ0v) is 22.2. The predicted molar refractivity (Wildman–Crippen MR) is 144 cm³/mol. The molecule has 0 saturated carbocycles. The van der Waals surface area contributed by atoms with Crippen LogP contribution in [-0.2, 0) is 0 Å². The van der Waals surface area contributed by atoms with Crippen LogP contribution in [0.5, 0.6) is 11.6 Å². The van der Waals surface area contributed by atoms with E-state index in [4.69, 9.17) is 16.3 Å². The van der Waals surface area contributed by atoms with Crippen LogP contribution in [-0.4, -0.2) is 30.7 Å². The van der Waals surface area contributed by atoms with Crippen LogP contribution in [0.15, 0.2) is 63.0 Å². The van der Waals surface area contributed by atoms with Gasteiger partial charge in [0.1, 0.15) is 12.0 Å². The van der Waals surface area contributed by atoms with Crippen molar-refractivity contribution in [2.24, 2.45) is 5.10 Å². The Kier molecular flexibility index (Phi) is 7.78. The maximum atomic E-state index is 13.4. The third kappa shape index (κ3) is 5.53. The lowest BCUT2D eigenvalue weighted by atomic mass is 10.1. The summed E-state index contributed by atoms with van der Waals surface area (Å²) in [5.74, 6) is -0.134. The minimum atomic E-state index is -0.699. The molecular weight excluding hydrogens is 584 g/mol. The van der Waals surface area contributed by atoms with Crippen LogP contribution in [0, 0.1) is 20.2 Å². The molecule has 4 aromatic rings. The van der Waals surface area contributed by atoms with Crippen molar-refractivity contribution in [3.8, 4) is 11.6 Å². The number of ether oxygens (including phenoxy) is 1. The van der Waals surface area contributed by atoms with E-state index in [-0.39, 0.29) is 33.8 Å². The number of hydrogen-bond donors (Lipinski definition) is 0. The summed E-state index contributed by atoms with van der Waals surface area (Å²) < 4.78 is 7.49. The van der Waals surface area contributed by atoms with Gasteiger partial charge >= 0.3 is 5.69 Å². The Morgan fingerprint density at radius 1 is 1.18 bits per heavy atom. The summed E-state index contributed by atoms with van der Waals surface area (Å²) >= 11 is 9.50. The van der Waals surface area contributed by atoms with E-state index < -0.39 is 21.1 Å². The Balaban J connectivity index is 1.87. The Labute approximate surface area is 228 Å². The van der Waals surface area contributed by atoms with Crippen molar-refractivity contribution in [3.05, 3.63) is 100 Å². The number of halogens is 2. The molecular formula is C24H18BrClN6O6. The van der Waals surface area contributed by atoms with Crippen molar-refractivity contribution in [3.63, 3.8) is 0 Å². The standard InChI is InChI=1S/C24H18BrClN6O6/c1-3-13(2)23-29-19-6-4-15(25)9-18(19)24(33)30(23)28-11-14-8-16(26)10-20(32(36)37)22(14)38-21-7-5-17(12-27-21)31(34)35/h4-13H,3H2,1-2H3/t13-/m0/s1. The van der Waals surface area contributed by atoms with Crippen molar-refractivity contribution >= 4 is 56.0 Å². The van der Waals surface area contributed by atoms with Crippen molar-refractivity contribution in [1.29, 1.82) is 0 Å². The molecule has 12 nitrogen and oxygen atoms in total. The number of nitrogens with zero attached hydrogens (tertiary/aromatic N) is 6. The first-order valence-corrected chi connectivity index (χ1v) is 12.3. The van der Waals surface area contributed by atoms with Crippen LogP contribution in [0.2, 0.25) is 5.02 Å². The zero-order chi connectivity index (χ0) is 27.6. The van der Waals surface area contributed by atoms with E-state index >= 15 is 0 Å². The molecule has 2 aromatic heterocycles. The maximum absolute atomic E-state index is 13.4. The van der Waals surface area contributed by atoms with Gasteiger partial charge in [-0.25, -0.2) is 9.97 Å². The van der Waals surface area contributed by atoms with Crippen LogP contribution in [0.25, 0.3) is 10.9 Å². The zero-order valence-electron chi connectivity index (χ0n) is 19.9. The molecule has 0 amide bonds. The first kappa shape index (κ1) is 26.8. The first-order chi connectivity index (χ1) is 18.1. The predicted octanol–water partition coefficient (Wildman–Crippen LogP) is 6.21. The molecule has 194 valence electrons. The van der Waals surface area contributed by atoms with Gasteiger partial charge in [0.2, 0.25) is 11.6 Å². The largest absolute Gasteiger partial charge is 0.431 e. The van der Waals surface area contributed by atoms with Gasteiger partial charge in [-0.3, -0.25) is 25.0 Å². The van der Waals surface area contributed by atoms with Crippen molar-refractivity contribution in [2.75, 3.05) is 0 Å². The minimum Gasteiger partial charge on any atom is -0.431 e. The van der Waals surface area contributed by atoms with Gasteiger partial charge in [0.05, 0.1) is 27.0 Å². The Bertz CT molecular complexity index is 1660. The minimum absolute atomic E-state index is 0.0252. The summed E-state index contributed by atoms with van der Waals surface area (Å²) in [6, 6.07) is 9.95. The molecule has 0 aliphatic carbocycles. The van der Waals surface area contributed by atoms with E-state index in [9.17, 15) is 25.0 Å². The summed E-state index contributed by atoms with van der Waals surface area (Å²) in [4.78, 5) is 43.3. The smallest absolute Gasteiger partial charge is 0.313 e. The average Bonchev–Trinajstić information content (AvgIpc) is 2.89. The van der Waals surface area contributed by atoms with E-state index in [0.29, 0.717) is 27.6 Å². The fourth-order valence-corrected chi connectivity index (χ4v) is 4.07. The lowest BCUT2D eigenvalue weighted by Crippen LogP contribution is -2.23. The Morgan fingerprint density at radius 3 is 2.58 bits per heavy atom. The summed E-state index contributed by atoms with van der Waals surface area (Å²) in [5, 5.41) is 27.4. The van der Waals surface area contributed by atoms with Crippen LogP contribution in [0.3, 0.4) is 0 Å². The number of hydrogen-bond acceptors (Lipinski definition) is 9. The van der Waals surface area contributed by atoms with Crippen LogP contribution < -0.4 is 10.3 Å². The molecule has 2 aromatic carbocycles. The SMILES string of the molecule is CC[C@H](C)c1nc2ccc(Br)cc2c(=O)n1N=Cc1cc(Cl)cc([N+](=O)[O-])c1Oc1ccc([N+](=O)[O-])cn1. The Morgan fingerprint density at radius 2 is 1.95 bits per heavy atom. The lowest BCUT2D eigenvalue weighted by molar-refractivity contribution is -0.385. The van der Waals surface area contributed by atoms with Gasteiger partial charge in [-0.05, 0) is 30.7 Å². The number of nitro benzene ring substituents is 1. The van der Waals surface area contributed by atoms with E-state index in [2.05, 4.69) is 31.0 Å². The third-order valence-corrected chi connectivity index (χ3v) is 6.31. The van der Waals surface area contributed by atoms with Crippen LogP contribution >= 0.6 is 27.5 Å². The molecule has 0 N–H and O–H groups in total. The number of aromatic nitrogens is 3. The molecule has 0 bridgehead atoms. The fraction of sp³-hybridized carbons (Fsp3) is 0.167. The van der Waals surface area contributed by atoms with Gasteiger partial charge in [-0.1, -0.05) is 41.4 Å². The summed E-state index contributed by atoms with van der Waals surface area (Å²) in [7, 11) is 0. The molecule has 0 aliphatic heterocycles. The molecule has 4 rings (SSSR count). The van der Waals surface area contributed by atoms with Crippen molar-refractivity contribution < 1.29 is 14.6 Å². The van der Waals surface area contributed by atoms with E-state index in [1.54, 1.807) is 18.2 Å². The molecule has 0 saturated heterocycles. The fourth-order valence-electron chi connectivity index (χ4n) is 3.49. The molecule has 0 fully saturated rings. The maximum Gasteiger partial charge on any atom is 0.313 e. The first-order valence-electron chi connectivity index (χ1n) is 11.1. The highest BCUT2D eigenvalue weighted by molar-refractivity contribution is 9.10. The van der Waals surface area contributed by atoms with E-state index in [0.717, 1.165) is 23.0 Å². The highest BCUT2D eigenvalue weighted by Gasteiger charge is 2.23. The van der Waals surface area contributed by atoms with Gasteiger partial charge in [0, 0.05) is 39.2 Å². The second-order valence-electron chi connectivity index (χ2n) is 8.12. The average molecular weight is 602 g/mol. The number of pyridine rings is 1. The van der Waals surface area contributed by atoms with Gasteiger partial charge in [0.25, 0.3) is 11.2 Å². The molecule has 2 heterocycles. The molecule has 1 atom stereocenters. The topological polar surface area (TPSA) is 156 Å². The van der Waals surface area contributed by atoms with Crippen LogP contribution in [0.1, 0.15) is 37.6 Å². The van der Waals surface area contributed by atoms with Gasteiger partial charge in [-0.15, -0.1) is 0 Å². The quantitative estimate of drug-likeness (QED) is 0.131. The van der Waals surface area contributed by atoms with Crippen molar-refractivity contribution in [1.82, 2.24) is 14.6 Å². The van der Waals surface area contributed by atoms with Gasteiger partial charge < -0.3 is 4.74 Å². The number of fused-ring (bicyclic) bond motifs is 1. The second kappa shape index (κ2) is 11.0. The summed E-state index contributed by atoms with van der Waals surface area (Å²) in [5.41, 5.74) is -0.627. The molecule has 0 unspecified atom stereocenters. The molecule has 0 aliphatic rings. The molecule has 14 heteroatoms. The van der Waals surface area contributed by atoms with E-state index in [1.807, 2.05) is 13.8 Å². The van der Waals surface area contributed by atoms with Crippen molar-refractivity contribution in [2.45, 2.75) is 26.2 Å². The molecule has 0 spiro atoms. The Hall–Kier alpha value is -4.23. The monoisotopic (exact) mass is 600 g/mol.